The van der Waals surface area contributed by atoms with E-state index in [0.717, 1.165) is 44.7 Å². The van der Waals surface area contributed by atoms with Gasteiger partial charge in [0.15, 0.2) is 0 Å². The second-order valence-corrected chi connectivity index (χ2v) is 7.08. The number of nitrogens with one attached hydrogen (secondary N) is 1. The zero-order valence-corrected chi connectivity index (χ0v) is 14.9. The van der Waals surface area contributed by atoms with Crippen molar-refractivity contribution in [1.29, 1.82) is 0 Å². The third-order valence-corrected chi connectivity index (χ3v) is 5.38. The van der Waals surface area contributed by atoms with Gasteiger partial charge in [-0.25, -0.2) is 9.97 Å². The third-order valence-electron chi connectivity index (χ3n) is 5.38. The van der Waals surface area contributed by atoms with Gasteiger partial charge in [-0.1, -0.05) is 49.4 Å². The van der Waals surface area contributed by atoms with Crippen molar-refractivity contribution in [3.05, 3.63) is 59.6 Å². The fourth-order valence-electron chi connectivity index (χ4n) is 3.89. The lowest BCUT2D eigenvalue weighted by atomic mass is 10.0. The summed E-state index contributed by atoms with van der Waals surface area (Å²) in [5, 5.41) is 3.68. The first-order chi connectivity index (χ1) is 12.3. The SMILES string of the molecule is CCC1C=Cc2c(NC3CCN(Cc4ccccc4)CC3)ncnc21. The smallest absolute Gasteiger partial charge is 0.137 e. The molecule has 130 valence electrons. The van der Waals surface area contributed by atoms with Gasteiger partial charge in [0.2, 0.25) is 0 Å². The zero-order chi connectivity index (χ0) is 17.1. The van der Waals surface area contributed by atoms with Crippen molar-refractivity contribution in [2.24, 2.45) is 0 Å². The lowest BCUT2D eigenvalue weighted by Gasteiger charge is -2.32. The molecule has 25 heavy (non-hydrogen) atoms. The van der Waals surface area contributed by atoms with Gasteiger partial charge in [0.05, 0.1) is 5.69 Å². The van der Waals surface area contributed by atoms with E-state index in [1.807, 2.05) is 0 Å². The van der Waals surface area contributed by atoms with Crippen molar-refractivity contribution in [1.82, 2.24) is 14.9 Å². The monoisotopic (exact) mass is 334 g/mol. The van der Waals surface area contributed by atoms with Crippen LogP contribution in [0.25, 0.3) is 6.08 Å². The van der Waals surface area contributed by atoms with Crippen LogP contribution in [0.3, 0.4) is 0 Å². The molecule has 4 rings (SSSR count). The number of hydrogen-bond donors (Lipinski definition) is 1. The summed E-state index contributed by atoms with van der Waals surface area (Å²) in [6.45, 7) is 5.53. The minimum atomic E-state index is 0.450. The van der Waals surface area contributed by atoms with Gasteiger partial charge in [-0.3, -0.25) is 4.90 Å². The third kappa shape index (κ3) is 3.59. The molecule has 0 spiro atoms. The second-order valence-electron chi connectivity index (χ2n) is 7.08. The maximum absolute atomic E-state index is 4.51. The number of piperidine rings is 1. The molecule has 1 saturated heterocycles. The van der Waals surface area contributed by atoms with Crippen molar-refractivity contribution in [3.8, 4) is 0 Å². The molecule has 1 aromatic carbocycles. The molecule has 2 heterocycles. The maximum atomic E-state index is 4.51. The van der Waals surface area contributed by atoms with Crippen molar-refractivity contribution >= 4 is 11.9 Å². The molecule has 4 heteroatoms. The molecular weight excluding hydrogens is 308 g/mol. The van der Waals surface area contributed by atoms with Crippen LogP contribution in [0.5, 0.6) is 0 Å². The number of anilines is 1. The average molecular weight is 334 g/mol. The summed E-state index contributed by atoms with van der Waals surface area (Å²) in [5.41, 5.74) is 3.78. The van der Waals surface area contributed by atoms with Crippen LogP contribution in [0.4, 0.5) is 5.82 Å². The molecule has 0 bridgehead atoms. The summed E-state index contributed by atoms with van der Waals surface area (Å²) < 4.78 is 0. The zero-order valence-electron chi connectivity index (χ0n) is 14.9. The first-order valence-electron chi connectivity index (χ1n) is 9.39. The highest BCUT2D eigenvalue weighted by Crippen LogP contribution is 2.34. The fraction of sp³-hybridized carbons (Fsp3) is 0.429. The topological polar surface area (TPSA) is 41.0 Å². The Kier molecular flexibility index (Phi) is 4.79. The van der Waals surface area contributed by atoms with Crippen LogP contribution in [0.2, 0.25) is 0 Å². The Bertz CT molecular complexity index is 733. The molecule has 0 radical (unpaired) electrons. The Labute approximate surface area is 150 Å². The van der Waals surface area contributed by atoms with E-state index in [4.69, 9.17) is 0 Å². The van der Waals surface area contributed by atoms with Crippen molar-refractivity contribution in [2.75, 3.05) is 18.4 Å². The standard InChI is InChI=1S/C21H26N4/c1-2-17-8-9-19-20(17)22-15-23-21(19)24-18-10-12-25(13-11-18)14-16-6-4-3-5-7-16/h3-9,15,17-18H,2,10-14H2,1H3,(H,22,23,24). The molecule has 1 N–H and O–H groups in total. The van der Waals surface area contributed by atoms with Crippen LogP contribution in [0.1, 0.15) is 48.9 Å². The lowest BCUT2D eigenvalue weighted by Crippen LogP contribution is -2.38. The minimum Gasteiger partial charge on any atom is -0.367 e. The van der Waals surface area contributed by atoms with Crippen LogP contribution in [0.15, 0.2) is 42.7 Å². The molecule has 0 amide bonds. The van der Waals surface area contributed by atoms with E-state index in [2.05, 4.69) is 69.6 Å². The van der Waals surface area contributed by atoms with Gasteiger partial charge in [0.25, 0.3) is 0 Å². The van der Waals surface area contributed by atoms with Gasteiger partial charge in [-0.05, 0) is 24.8 Å². The quantitative estimate of drug-likeness (QED) is 0.895. The van der Waals surface area contributed by atoms with Crippen LogP contribution in [-0.4, -0.2) is 34.0 Å². The summed E-state index contributed by atoms with van der Waals surface area (Å²) in [5.74, 6) is 1.46. The van der Waals surface area contributed by atoms with Gasteiger partial charge in [0.1, 0.15) is 12.1 Å². The molecule has 1 unspecified atom stereocenters. The van der Waals surface area contributed by atoms with Crippen molar-refractivity contribution < 1.29 is 0 Å². The average Bonchev–Trinajstić information content (AvgIpc) is 3.08. The number of fused-ring (bicyclic) bond motifs is 1. The van der Waals surface area contributed by atoms with Gasteiger partial charge < -0.3 is 5.32 Å². The largest absolute Gasteiger partial charge is 0.367 e. The molecule has 1 aliphatic heterocycles. The lowest BCUT2D eigenvalue weighted by molar-refractivity contribution is 0.211. The first-order valence-corrected chi connectivity index (χ1v) is 9.39. The molecule has 4 nitrogen and oxygen atoms in total. The number of benzene rings is 1. The molecular formula is C21H26N4. The molecule has 1 atom stereocenters. The molecule has 1 aromatic heterocycles. The van der Waals surface area contributed by atoms with E-state index in [1.165, 1.54) is 16.8 Å². The first kappa shape index (κ1) is 16.3. The number of likely N-dealkylation sites (tertiary alicyclic amines) is 1. The van der Waals surface area contributed by atoms with E-state index in [-0.39, 0.29) is 0 Å². The predicted molar refractivity (Wildman–Crippen MR) is 102 cm³/mol. The van der Waals surface area contributed by atoms with E-state index in [9.17, 15) is 0 Å². The Morgan fingerprint density at radius 2 is 1.92 bits per heavy atom. The van der Waals surface area contributed by atoms with Crippen LogP contribution in [-0.2, 0) is 6.54 Å². The van der Waals surface area contributed by atoms with Gasteiger partial charge in [0, 0.05) is 37.2 Å². The number of nitrogens with zero attached hydrogens (tertiary/aromatic N) is 3. The Hall–Kier alpha value is -2.20. The van der Waals surface area contributed by atoms with E-state index in [1.54, 1.807) is 6.33 Å². The highest BCUT2D eigenvalue weighted by atomic mass is 15.1. The molecule has 2 aromatic rings. The van der Waals surface area contributed by atoms with Crippen molar-refractivity contribution in [3.63, 3.8) is 0 Å². The van der Waals surface area contributed by atoms with E-state index in [0.29, 0.717) is 12.0 Å². The normalized spacial score (nSPS) is 20.6. The van der Waals surface area contributed by atoms with Crippen LogP contribution < -0.4 is 5.32 Å². The highest BCUT2D eigenvalue weighted by molar-refractivity contribution is 5.70. The van der Waals surface area contributed by atoms with Gasteiger partial charge in [-0.2, -0.15) is 0 Å². The molecule has 2 aliphatic rings. The summed E-state index contributed by atoms with van der Waals surface area (Å²) in [7, 11) is 0. The van der Waals surface area contributed by atoms with E-state index >= 15 is 0 Å². The maximum Gasteiger partial charge on any atom is 0.137 e. The van der Waals surface area contributed by atoms with Gasteiger partial charge in [-0.15, -0.1) is 0 Å². The summed E-state index contributed by atoms with van der Waals surface area (Å²) in [4.78, 5) is 11.6. The highest BCUT2D eigenvalue weighted by Gasteiger charge is 2.24. The number of rotatable bonds is 5. The van der Waals surface area contributed by atoms with Crippen LogP contribution >= 0.6 is 0 Å². The number of allylic oxidation sites excluding steroid dienone is 1. The van der Waals surface area contributed by atoms with Crippen LogP contribution in [0, 0.1) is 0 Å². The Morgan fingerprint density at radius 3 is 2.68 bits per heavy atom. The fourth-order valence-corrected chi connectivity index (χ4v) is 3.89. The molecule has 1 fully saturated rings. The summed E-state index contributed by atoms with van der Waals surface area (Å²) in [6.07, 6.45) is 9.57. The van der Waals surface area contributed by atoms with E-state index < -0.39 is 0 Å². The Balaban J connectivity index is 1.35. The number of aromatic nitrogens is 2. The predicted octanol–water partition coefficient (Wildman–Crippen LogP) is 4.07. The second kappa shape index (κ2) is 7.36. The summed E-state index contributed by atoms with van der Waals surface area (Å²) in [6, 6.07) is 11.3. The summed E-state index contributed by atoms with van der Waals surface area (Å²) >= 11 is 0. The van der Waals surface area contributed by atoms with Crippen molar-refractivity contribution in [2.45, 2.75) is 44.7 Å². The number of hydrogen-bond acceptors (Lipinski definition) is 4. The molecule has 1 aliphatic carbocycles. The minimum absolute atomic E-state index is 0.450. The Morgan fingerprint density at radius 1 is 1.12 bits per heavy atom. The van der Waals surface area contributed by atoms with Gasteiger partial charge >= 0.3 is 0 Å². The molecule has 0 saturated carbocycles.